The van der Waals surface area contributed by atoms with Crippen molar-refractivity contribution >= 4 is 12.1 Å². The maximum Gasteiger partial charge on any atom is 0.410 e. The number of amides is 1. The Balaban J connectivity index is 1.15. The molecule has 0 radical (unpaired) electrons. The van der Waals surface area contributed by atoms with Crippen molar-refractivity contribution in [2.24, 2.45) is 11.8 Å². The SMILES string of the molecule is O=C(OCOc1ccc2c(c1)[C@@]13CCCC[C@@H]1[C@H](C2)N(C(=O)OCc1ccccc1)CC3)C1CCCCC1. The Labute approximate surface area is 225 Å². The quantitative estimate of drug-likeness (QED) is 0.321. The largest absolute Gasteiger partial charge is 0.457 e. The van der Waals surface area contributed by atoms with E-state index in [1.165, 1.54) is 30.4 Å². The minimum absolute atomic E-state index is 0.0271. The number of rotatable bonds is 6. The molecule has 0 aromatic heterocycles. The molecule has 2 aromatic rings. The minimum Gasteiger partial charge on any atom is -0.457 e. The molecule has 3 fully saturated rings. The summed E-state index contributed by atoms with van der Waals surface area (Å²) < 4.78 is 17.2. The second-order valence-corrected chi connectivity index (χ2v) is 11.6. The van der Waals surface area contributed by atoms with Gasteiger partial charge in [-0.05, 0) is 73.3 Å². The van der Waals surface area contributed by atoms with Crippen molar-refractivity contribution in [2.45, 2.75) is 88.7 Å². The van der Waals surface area contributed by atoms with E-state index in [0.717, 1.165) is 69.2 Å². The first kappa shape index (κ1) is 25.3. The molecule has 38 heavy (non-hydrogen) atoms. The molecule has 0 N–H and O–H groups in total. The molecule has 6 nitrogen and oxygen atoms in total. The fourth-order valence-corrected chi connectivity index (χ4v) is 7.71. The van der Waals surface area contributed by atoms with Gasteiger partial charge in [0.1, 0.15) is 12.4 Å². The van der Waals surface area contributed by atoms with Crippen LogP contribution in [-0.2, 0) is 32.7 Å². The van der Waals surface area contributed by atoms with Gasteiger partial charge in [-0.2, -0.15) is 0 Å². The molecule has 6 rings (SSSR count). The summed E-state index contributed by atoms with van der Waals surface area (Å²) in [6.07, 6.45) is 11.6. The molecule has 3 atom stereocenters. The number of likely N-dealkylation sites (tertiary alicyclic amines) is 1. The highest BCUT2D eigenvalue weighted by molar-refractivity contribution is 5.72. The third kappa shape index (κ3) is 4.90. The van der Waals surface area contributed by atoms with Gasteiger partial charge in [0, 0.05) is 18.0 Å². The van der Waals surface area contributed by atoms with Crippen LogP contribution in [0.15, 0.2) is 48.5 Å². The molecule has 2 bridgehead atoms. The van der Waals surface area contributed by atoms with E-state index in [-0.39, 0.29) is 36.2 Å². The van der Waals surface area contributed by atoms with Crippen LogP contribution in [-0.4, -0.2) is 36.3 Å². The molecule has 0 spiro atoms. The van der Waals surface area contributed by atoms with Crippen LogP contribution < -0.4 is 4.74 Å². The number of esters is 1. The smallest absolute Gasteiger partial charge is 0.410 e. The maximum atomic E-state index is 13.2. The van der Waals surface area contributed by atoms with E-state index in [1.54, 1.807) is 0 Å². The summed E-state index contributed by atoms with van der Waals surface area (Å²) in [5, 5.41) is 0. The molecule has 4 aliphatic rings. The van der Waals surface area contributed by atoms with Crippen molar-refractivity contribution in [3.05, 3.63) is 65.2 Å². The lowest BCUT2D eigenvalue weighted by atomic mass is 9.52. The zero-order valence-corrected chi connectivity index (χ0v) is 22.2. The van der Waals surface area contributed by atoms with Gasteiger partial charge >= 0.3 is 12.1 Å². The molecule has 202 valence electrons. The predicted molar refractivity (Wildman–Crippen MR) is 144 cm³/mol. The van der Waals surface area contributed by atoms with E-state index in [2.05, 4.69) is 12.1 Å². The van der Waals surface area contributed by atoms with Crippen LogP contribution in [0.3, 0.4) is 0 Å². The Morgan fingerprint density at radius 2 is 1.71 bits per heavy atom. The van der Waals surface area contributed by atoms with Gasteiger partial charge in [0.25, 0.3) is 0 Å². The molecule has 1 aliphatic heterocycles. The predicted octanol–water partition coefficient (Wildman–Crippen LogP) is 6.54. The zero-order chi connectivity index (χ0) is 26.0. The molecule has 0 unspecified atom stereocenters. The van der Waals surface area contributed by atoms with Gasteiger partial charge in [-0.1, -0.05) is 68.5 Å². The summed E-state index contributed by atoms with van der Waals surface area (Å²) in [5.41, 5.74) is 3.77. The average Bonchev–Trinajstić information content (AvgIpc) is 2.97. The van der Waals surface area contributed by atoms with E-state index >= 15 is 0 Å². The van der Waals surface area contributed by atoms with Gasteiger partial charge < -0.3 is 19.1 Å². The van der Waals surface area contributed by atoms with Gasteiger partial charge in [0.05, 0.1) is 5.92 Å². The lowest BCUT2D eigenvalue weighted by molar-refractivity contribution is -0.156. The molecule has 1 heterocycles. The number of ether oxygens (including phenoxy) is 3. The highest BCUT2D eigenvalue weighted by Gasteiger charge is 2.55. The Morgan fingerprint density at radius 1 is 0.895 bits per heavy atom. The van der Waals surface area contributed by atoms with Gasteiger partial charge in [0.2, 0.25) is 6.79 Å². The number of hydrogen-bond donors (Lipinski definition) is 0. The summed E-state index contributed by atoms with van der Waals surface area (Å²) in [7, 11) is 0. The summed E-state index contributed by atoms with van der Waals surface area (Å²) in [6, 6.07) is 16.4. The molecule has 2 saturated carbocycles. The Hall–Kier alpha value is -3.02. The fraction of sp³-hybridized carbons (Fsp3) is 0.562. The summed E-state index contributed by atoms with van der Waals surface area (Å²) >= 11 is 0. The standard InChI is InChI=1S/C32H39NO5/c34-30(24-11-5-2-6-12-24)38-22-37-26-15-14-25-19-29-27-13-7-8-16-32(27,28(25)20-26)17-18-33(29)31(35)36-21-23-9-3-1-4-10-23/h1,3-4,9-10,14-15,20,24,27,29H,2,5-8,11-13,16-19,21-22H2/t27-,29+,32-/m1/s1. The molecule has 6 heteroatoms. The fourth-order valence-electron chi connectivity index (χ4n) is 7.71. The second kappa shape index (κ2) is 11.0. The summed E-state index contributed by atoms with van der Waals surface area (Å²) in [6.45, 7) is 0.994. The van der Waals surface area contributed by atoms with Crippen molar-refractivity contribution in [1.82, 2.24) is 4.90 Å². The molecule has 1 amide bonds. The first-order chi connectivity index (χ1) is 18.6. The molecule has 3 aliphatic carbocycles. The topological polar surface area (TPSA) is 65.1 Å². The number of fused-ring (bicyclic) bond motifs is 1. The molecular formula is C32H39NO5. The second-order valence-electron chi connectivity index (χ2n) is 11.6. The van der Waals surface area contributed by atoms with Crippen LogP contribution in [0.5, 0.6) is 5.75 Å². The van der Waals surface area contributed by atoms with Crippen LogP contribution in [0.4, 0.5) is 4.79 Å². The van der Waals surface area contributed by atoms with E-state index in [4.69, 9.17) is 14.2 Å². The van der Waals surface area contributed by atoms with E-state index in [9.17, 15) is 9.59 Å². The highest BCUT2D eigenvalue weighted by Crippen LogP contribution is 2.56. The third-order valence-corrected chi connectivity index (χ3v) is 9.61. The van der Waals surface area contributed by atoms with E-state index < -0.39 is 0 Å². The average molecular weight is 518 g/mol. The summed E-state index contributed by atoms with van der Waals surface area (Å²) in [4.78, 5) is 27.7. The number of hydrogen-bond acceptors (Lipinski definition) is 5. The molecular weight excluding hydrogens is 478 g/mol. The van der Waals surface area contributed by atoms with Crippen molar-refractivity contribution in [3.8, 4) is 5.75 Å². The van der Waals surface area contributed by atoms with Crippen molar-refractivity contribution in [2.75, 3.05) is 13.3 Å². The van der Waals surface area contributed by atoms with Crippen LogP contribution >= 0.6 is 0 Å². The van der Waals surface area contributed by atoms with E-state index in [1.807, 2.05) is 41.3 Å². The number of nitrogens with zero attached hydrogens (tertiary/aromatic N) is 1. The number of carbonyl (C=O) groups excluding carboxylic acids is 2. The summed E-state index contributed by atoms with van der Waals surface area (Å²) in [5.74, 6) is 1.10. The van der Waals surface area contributed by atoms with Crippen molar-refractivity contribution < 1.29 is 23.8 Å². The van der Waals surface area contributed by atoms with Crippen LogP contribution in [0.1, 0.15) is 80.9 Å². The monoisotopic (exact) mass is 517 g/mol. The Bertz CT molecular complexity index is 1140. The number of piperidine rings is 1. The van der Waals surface area contributed by atoms with Crippen LogP contribution in [0.2, 0.25) is 0 Å². The van der Waals surface area contributed by atoms with Gasteiger partial charge in [0.15, 0.2) is 0 Å². The first-order valence-electron chi connectivity index (χ1n) is 14.5. The number of carbonyl (C=O) groups is 2. The maximum absolute atomic E-state index is 13.2. The normalized spacial score (nSPS) is 26.6. The van der Waals surface area contributed by atoms with Crippen molar-refractivity contribution in [3.63, 3.8) is 0 Å². The first-order valence-corrected chi connectivity index (χ1v) is 14.5. The Morgan fingerprint density at radius 3 is 2.55 bits per heavy atom. The van der Waals surface area contributed by atoms with E-state index in [0.29, 0.717) is 12.5 Å². The minimum atomic E-state index is -0.193. The lowest BCUT2D eigenvalue weighted by Gasteiger charge is -2.58. The van der Waals surface area contributed by atoms with Gasteiger partial charge in [-0.15, -0.1) is 0 Å². The van der Waals surface area contributed by atoms with Gasteiger partial charge in [-0.3, -0.25) is 4.79 Å². The van der Waals surface area contributed by atoms with Gasteiger partial charge in [-0.25, -0.2) is 4.79 Å². The van der Waals surface area contributed by atoms with Crippen LogP contribution in [0.25, 0.3) is 0 Å². The zero-order valence-electron chi connectivity index (χ0n) is 22.2. The third-order valence-electron chi connectivity index (χ3n) is 9.61. The lowest BCUT2D eigenvalue weighted by Crippen LogP contribution is -2.62. The van der Waals surface area contributed by atoms with Crippen LogP contribution in [0, 0.1) is 11.8 Å². The molecule has 1 saturated heterocycles. The van der Waals surface area contributed by atoms with Crippen molar-refractivity contribution in [1.29, 1.82) is 0 Å². The number of benzene rings is 2. The molecule has 2 aromatic carbocycles. The highest BCUT2D eigenvalue weighted by atomic mass is 16.7. The Kier molecular flexibility index (Phi) is 7.31.